The van der Waals surface area contributed by atoms with E-state index in [-0.39, 0.29) is 11.7 Å². The number of nitrogens with zero attached hydrogens (tertiary/aromatic N) is 1. The first kappa shape index (κ1) is 11.8. The highest BCUT2D eigenvalue weighted by Gasteiger charge is 2.27. The van der Waals surface area contributed by atoms with Crippen molar-refractivity contribution in [2.75, 3.05) is 5.73 Å². The molecule has 3 rings (SSSR count). The largest absolute Gasteiger partial charge is 0.383 e. The number of aromatic amines is 1. The molecule has 98 valence electrons. The molecule has 1 aromatic carbocycles. The van der Waals surface area contributed by atoms with E-state index in [1.807, 2.05) is 6.07 Å². The Morgan fingerprint density at radius 3 is 2.79 bits per heavy atom. The lowest BCUT2D eigenvalue weighted by atomic mass is 9.81. The Labute approximate surface area is 111 Å². The van der Waals surface area contributed by atoms with Gasteiger partial charge in [0.25, 0.3) is 5.91 Å². The summed E-state index contributed by atoms with van der Waals surface area (Å²) in [5, 5.41) is 6.85. The maximum atomic E-state index is 11.5. The summed E-state index contributed by atoms with van der Waals surface area (Å²) in [4.78, 5) is 11.5. The second kappa shape index (κ2) is 4.42. The van der Waals surface area contributed by atoms with E-state index in [0.29, 0.717) is 11.3 Å². The third-order valence-electron chi connectivity index (χ3n) is 3.80. The molecule has 0 radical (unpaired) electrons. The molecule has 5 heteroatoms. The summed E-state index contributed by atoms with van der Waals surface area (Å²) in [7, 11) is 0. The number of amides is 1. The van der Waals surface area contributed by atoms with Crippen LogP contribution in [0.2, 0.25) is 0 Å². The number of nitrogens with two attached hydrogens (primary N) is 2. The summed E-state index contributed by atoms with van der Waals surface area (Å²) in [6.07, 6.45) is 2.83. The number of anilines is 1. The number of primary amides is 1. The van der Waals surface area contributed by atoms with Gasteiger partial charge < -0.3 is 11.5 Å². The zero-order valence-corrected chi connectivity index (χ0v) is 10.5. The summed E-state index contributed by atoms with van der Waals surface area (Å²) in [5.41, 5.74) is 14.9. The second-order valence-electron chi connectivity index (χ2n) is 4.97. The number of hydrogen-bond acceptors (Lipinski definition) is 3. The van der Waals surface area contributed by atoms with Crippen LogP contribution < -0.4 is 11.5 Å². The molecule has 1 aromatic heterocycles. The fraction of sp³-hybridized carbons (Fsp3) is 0.286. The van der Waals surface area contributed by atoms with Crippen LogP contribution >= 0.6 is 0 Å². The number of nitrogen functional groups attached to an aromatic ring is 1. The predicted molar refractivity (Wildman–Crippen MR) is 72.7 cm³/mol. The summed E-state index contributed by atoms with van der Waals surface area (Å²) >= 11 is 0. The molecule has 1 atom stereocenters. The van der Waals surface area contributed by atoms with Gasteiger partial charge in [-0.25, -0.2) is 0 Å². The minimum Gasteiger partial charge on any atom is -0.383 e. The van der Waals surface area contributed by atoms with Crippen LogP contribution in [-0.4, -0.2) is 16.1 Å². The molecular weight excluding hydrogens is 240 g/mol. The number of carbonyl (C=O) groups excluding carboxylic acids is 1. The Hall–Kier alpha value is -2.30. The summed E-state index contributed by atoms with van der Waals surface area (Å²) in [6, 6.07) is 8.37. The standard InChI is InChI=1S/C14H16N4O/c15-13-11(14(16)19)12(17-18-13)10-6-5-8-3-1-2-4-9(8)7-10/h1-4,10H,5-7H2,(H2,16,19)(H3,15,17,18)/t10-/m1/s1. The van der Waals surface area contributed by atoms with Crippen LogP contribution in [0.4, 0.5) is 5.82 Å². The first-order chi connectivity index (χ1) is 9.16. The molecule has 0 aliphatic heterocycles. The molecule has 0 saturated heterocycles. The number of nitrogens with one attached hydrogen (secondary N) is 1. The Kier molecular flexibility index (Phi) is 2.74. The minimum atomic E-state index is -0.514. The molecular formula is C14H16N4O. The third-order valence-corrected chi connectivity index (χ3v) is 3.80. The maximum absolute atomic E-state index is 11.5. The smallest absolute Gasteiger partial charge is 0.254 e. The average molecular weight is 256 g/mol. The molecule has 5 nitrogen and oxygen atoms in total. The highest BCUT2D eigenvalue weighted by Crippen LogP contribution is 2.34. The topological polar surface area (TPSA) is 97.8 Å². The number of aromatic nitrogens is 2. The van der Waals surface area contributed by atoms with Gasteiger partial charge in [0.1, 0.15) is 11.4 Å². The summed E-state index contributed by atoms with van der Waals surface area (Å²) < 4.78 is 0. The molecule has 2 aromatic rings. The first-order valence-electron chi connectivity index (χ1n) is 6.37. The number of rotatable bonds is 2. The Morgan fingerprint density at radius 2 is 2.05 bits per heavy atom. The highest BCUT2D eigenvalue weighted by molar-refractivity contribution is 5.98. The number of H-pyrrole nitrogens is 1. The number of aryl methyl sites for hydroxylation is 1. The van der Waals surface area contributed by atoms with Gasteiger partial charge in [0.05, 0.1) is 5.69 Å². The summed E-state index contributed by atoms with van der Waals surface area (Å²) in [5.74, 6) is -0.0487. The molecule has 1 aliphatic carbocycles. The number of carbonyl (C=O) groups is 1. The van der Waals surface area contributed by atoms with E-state index >= 15 is 0 Å². The lowest BCUT2D eigenvalue weighted by Gasteiger charge is -2.23. The highest BCUT2D eigenvalue weighted by atomic mass is 16.1. The van der Waals surface area contributed by atoms with Gasteiger partial charge in [-0.1, -0.05) is 24.3 Å². The van der Waals surface area contributed by atoms with Crippen LogP contribution in [0.5, 0.6) is 0 Å². The van der Waals surface area contributed by atoms with E-state index in [1.54, 1.807) is 0 Å². The van der Waals surface area contributed by atoms with Crippen molar-refractivity contribution >= 4 is 11.7 Å². The predicted octanol–water partition coefficient (Wildman–Crippen LogP) is 1.36. The van der Waals surface area contributed by atoms with Crippen molar-refractivity contribution in [3.05, 3.63) is 46.6 Å². The molecule has 0 saturated carbocycles. The average Bonchev–Trinajstić information content (AvgIpc) is 2.80. The molecule has 0 fully saturated rings. The number of fused-ring (bicyclic) bond motifs is 1. The SMILES string of the molecule is NC(=O)c1c([C@@H]2CCc3ccccc3C2)n[nH]c1N. The van der Waals surface area contributed by atoms with E-state index in [1.165, 1.54) is 11.1 Å². The lowest BCUT2D eigenvalue weighted by Crippen LogP contribution is -2.19. The fourth-order valence-electron chi connectivity index (χ4n) is 2.86. The number of hydrogen-bond donors (Lipinski definition) is 3. The molecule has 1 amide bonds. The van der Waals surface area contributed by atoms with E-state index in [2.05, 4.69) is 28.4 Å². The van der Waals surface area contributed by atoms with Gasteiger partial charge >= 0.3 is 0 Å². The van der Waals surface area contributed by atoms with E-state index in [0.717, 1.165) is 19.3 Å². The fourth-order valence-corrected chi connectivity index (χ4v) is 2.86. The Balaban J connectivity index is 1.96. The number of benzene rings is 1. The Morgan fingerprint density at radius 1 is 1.32 bits per heavy atom. The van der Waals surface area contributed by atoms with Crippen molar-refractivity contribution in [1.29, 1.82) is 0 Å². The molecule has 1 heterocycles. The van der Waals surface area contributed by atoms with Gasteiger partial charge in [-0.15, -0.1) is 0 Å². The van der Waals surface area contributed by atoms with Crippen molar-refractivity contribution in [3.63, 3.8) is 0 Å². The van der Waals surface area contributed by atoms with Crippen molar-refractivity contribution in [3.8, 4) is 0 Å². The zero-order chi connectivity index (χ0) is 13.4. The third kappa shape index (κ3) is 1.97. The molecule has 19 heavy (non-hydrogen) atoms. The monoisotopic (exact) mass is 256 g/mol. The van der Waals surface area contributed by atoms with Crippen LogP contribution in [-0.2, 0) is 12.8 Å². The van der Waals surface area contributed by atoms with Gasteiger partial charge in [-0.05, 0) is 30.4 Å². The van der Waals surface area contributed by atoms with E-state index in [4.69, 9.17) is 11.5 Å². The quantitative estimate of drug-likeness (QED) is 0.756. The summed E-state index contributed by atoms with van der Waals surface area (Å²) in [6.45, 7) is 0. The molecule has 5 N–H and O–H groups in total. The van der Waals surface area contributed by atoms with E-state index < -0.39 is 5.91 Å². The van der Waals surface area contributed by atoms with Gasteiger partial charge in [-0.3, -0.25) is 9.89 Å². The van der Waals surface area contributed by atoms with Crippen LogP contribution in [0.3, 0.4) is 0 Å². The van der Waals surface area contributed by atoms with Gasteiger partial charge in [0, 0.05) is 5.92 Å². The first-order valence-corrected chi connectivity index (χ1v) is 6.37. The van der Waals surface area contributed by atoms with Crippen molar-refractivity contribution in [2.24, 2.45) is 5.73 Å². The van der Waals surface area contributed by atoms with Crippen molar-refractivity contribution < 1.29 is 4.79 Å². The van der Waals surface area contributed by atoms with Gasteiger partial charge in [0.2, 0.25) is 0 Å². The lowest BCUT2D eigenvalue weighted by molar-refractivity contribution is 0.0999. The minimum absolute atomic E-state index is 0.200. The molecule has 1 aliphatic rings. The van der Waals surface area contributed by atoms with Gasteiger partial charge in [0.15, 0.2) is 0 Å². The zero-order valence-electron chi connectivity index (χ0n) is 10.5. The van der Waals surface area contributed by atoms with Crippen molar-refractivity contribution in [1.82, 2.24) is 10.2 Å². The second-order valence-corrected chi connectivity index (χ2v) is 4.97. The van der Waals surface area contributed by atoms with Crippen LogP contribution in [0.1, 0.15) is 39.5 Å². The molecule has 0 spiro atoms. The normalized spacial score (nSPS) is 18.0. The molecule has 0 bridgehead atoms. The van der Waals surface area contributed by atoms with Gasteiger partial charge in [-0.2, -0.15) is 5.10 Å². The van der Waals surface area contributed by atoms with E-state index in [9.17, 15) is 4.79 Å². The van der Waals surface area contributed by atoms with Crippen LogP contribution in [0, 0.1) is 0 Å². The maximum Gasteiger partial charge on any atom is 0.254 e. The van der Waals surface area contributed by atoms with Crippen molar-refractivity contribution in [2.45, 2.75) is 25.2 Å². The van der Waals surface area contributed by atoms with Crippen LogP contribution in [0.15, 0.2) is 24.3 Å². The van der Waals surface area contributed by atoms with Crippen LogP contribution in [0.25, 0.3) is 0 Å². The Bertz CT molecular complexity index is 632. The molecule has 0 unspecified atom stereocenters.